The summed E-state index contributed by atoms with van der Waals surface area (Å²) < 4.78 is 16.7. The van der Waals surface area contributed by atoms with Crippen LogP contribution in [0.15, 0.2) is 53.4 Å². The zero-order valence-corrected chi connectivity index (χ0v) is 17.7. The Hall–Kier alpha value is -2.22. The largest absolute Gasteiger partial charge is 0.491 e. The maximum atomic E-state index is 11.4. The molecule has 0 saturated heterocycles. The van der Waals surface area contributed by atoms with Crippen LogP contribution in [0.5, 0.6) is 11.5 Å². The van der Waals surface area contributed by atoms with Gasteiger partial charge in [0.05, 0.1) is 6.10 Å². The molecule has 0 aliphatic heterocycles. The number of thioether (sulfide) groups is 1. The predicted octanol–water partition coefficient (Wildman–Crippen LogP) is 3.65. The first-order valence-corrected chi connectivity index (χ1v) is 10.6. The van der Waals surface area contributed by atoms with Crippen LogP contribution in [0, 0.1) is 0 Å². The molecule has 6 nitrogen and oxygen atoms in total. The van der Waals surface area contributed by atoms with Crippen molar-refractivity contribution in [3.05, 3.63) is 54.1 Å². The third-order valence-electron chi connectivity index (χ3n) is 3.98. The molecule has 0 spiro atoms. The van der Waals surface area contributed by atoms with Gasteiger partial charge in [-0.25, -0.2) is 4.79 Å². The highest BCUT2D eigenvalue weighted by atomic mass is 32.2. The Bertz CT molecular complexity index is 762. The van der Waals surface area contributed by atoms with Crippen LogP contribution in [0.2, 0.25) is 0 Å². The molecule has 0 fully saturated rings. The molecule has 2 rings (SSSR count). The number of rotatable bonds is 12. The minimum absolute atomic E-state index is 0.0667. The smallest absolute Gasteiger partial charge is 0.333 e. The number of aliphatic hydroxyl groups excluding tert-OH is 1. The summed E-state index contributed by atoms with van der Waals surface area (Å²) in [5.41, 5.74) is 0.787. The normalized spacial score (nSPS) is 13.1. The lowest BCUT2D eigenvalue weighted by Gasteiger charge is -2.17. The van der Waals surface area contributed by atoms with Crippen LogP contribution < -0.4 is 9.47 Å². The second-order valence-electron chi connectivity index (χ2n) is 6.81. The molecule has 29 heavy (non-hydrogen) atoms. The Balaban J connectivity index is 1.83. The van der Waals surface area contributed by atoms with Crippen molar-refractivity contribution in [1.29, 1.82) is 0 Å². The second kappa shape index (κ2) is 11.7. The van der Waals surface area contributed by atoms with Crippen molar-refractivity contribution in [3.63, 3.8) is 0 Å². The van der Waals surface area contributed by atoms with Gasteiger partial charge in [-0.3, -0.25) is 0 Å². The third-order valence-corrected chi connectivity index (χ3v) is 4.72. The van der Waals surface area contributed by atoms with Crippen LogP contribution in [0.1, 0.15) is 19.4 Å². The fourth-order valence-electron chi connectivity index (χ4n) is 2.60. The lowest BCUT2D eigenvalue weighted by molar-refractivity contribution is -0.153. The second-order valence-corrected chi connectivity index (χ2v) is 7.69. The summed E-state index contributed by atoms with van der Waals surface area (Å²) in [5.74, 6) is 0.247. The average Bonchev–Trinajstić information content (AvgIpc) is 2.70. The zero-order valence-electron chi connectivity index (χ0n) is 16.9. The molecular formula is C22H28O6S. The Morgan fingerprint density at radius 1 is 1.03 bits per heavy atom. The highest BCUT2D eigenvalue weighted by Crippen LogP contribution is 2.19. The summed E-state index contributed by atoms with van der Waals surface area (Å²) in [6.45, 7) is 3.78. The highest BCUT2D eigenvalue weighted by molar-refractivity contribution is 7.98. The van der Waals surface area contributed by atoms with Crippen molar-refractivity contribution in [1.82, 2.24) is 0 Å². The van der Waals surface area contributed by atoms with E-state index in [1.165, 1.54) is 0 Å². The molecule has 158 valence electrons. The molecule has 0 bridgehead atoms. The standard InChI is InChI=1S/C22H28O6S/c1-15(2)28-21(22(24)25)12-16-5-4-6-19(11-16)27-14-17(23)13-26-18-7-9-20(29-3)10-8-18/h4-11,15,17,21,23H,12-14H2,1-3H3,(H,24,25). The average molecular weight is 421 g/mol. The van der Waals surface area contributed by atoms with Crippen LogP contribution >= 0.6 is 11.8 Å². The van der Waals surface area contributed by atoms with Crippen molar-refractivity contribution >= 4 is 17.7 Å². The Kier molecular flexibility index (Phi) is 9.31. The number of aliphatic carboxylic acids is 1. The zero-order chi connectivity index (χ0) is 21.2. The Morgan fingerprint density at radius 2 is 1.69 bits per heavy atom. The SMILES string of the molecule is CSc1ccc(OCC(O)COc2cccc(CC(OC(C)C)C(=O)O)c2)cc1. The molecule has 2 aromatic rings. The maximum Gasteiger partial charge on any atom is 0.333 e. The van der Waals surface area contributed by atoms with Gasteiger partial charge in [0.25, 0.3) is 0 Å². The van der Waals surface area contributed by atoms with Crippen molar-refractivity contribution < 1.29 is 29.2 Å². The van der Waals surface area contributed by atoms with Gasteiger partial charge in [-0.05, 0) is 62.1 Å². The van der Waals surface area contributed by atoms with Crippen molar-refractivity contribution in [2.24, 2.45) is 0 Å². The van der Waals surface area contributed by atoms with Crippen molar-refractivity contribution in [2.45, 2.75) is 43.5 Å². The van der Waals surface area contributed by atoms with Crippen LogP contribution in [-0.2, 0) is 16.0 Å². The van der Waals surface area contributed by atoms with Crippen molar-refractivity contribution in [2.75, 3.05) is 19.5 Å². The van der Waals surface area contributed by atoms with E-state index in [-0.39, 0.29) is 25.7 Å². The van der Waals surface area contributed by atoms with Crippen LogP contribution in [0.3, 0.4) is 0 Å². The molecule has 0 aliphatic carbocycles. The molecule has 2 aromatic carbocycles. The van der Waals surface area contributed by atoms with Crippen LogP contribution in [0.4, 0.5) is 0 Å². The van der Waals surface area contributed by atoms with Gasteiger partial charge in [-0.1, -0.05) is 12.1 Å². The number of carboxylic acids is 1. The van der Waals surface area contributed by atoms with Crippen LogP contribution in [0.25, 0.3) is 0 Å². The quantitative estimate of drug-likeness (QED) is 0.507. The summed E-state index contributed by atoms with van der Waals surface area (Å²) in [6.07, 6.45) is 0.354. The summed E-state index contributed by atoms with van der Waals surface area (Å²) in [7, 11) is 0. The van der Waals surface area contributed by atoms with E-state index in [4.69, 9.17) is 14.2 Å². The number of aliphatic hydroxyl groups is 1. The van der Waals surface area contributed by atoms with E-state index in [1.807, 2.05) is 36.6 Å². The van der Waals surface area contributed by atoms with E-state index in [1.54, 1.807) is 43.8 Å². The van der Waals surface area contributed by atoms with E-state index in [0.717, 1.165) is 10.5 Å². The van der Waals surface area contributed by atoms with E-state index in [0.29, 0.717) is 11.5 Å². The Labute approximate surface area is 175 Å². The lowest BCUT2D eigenvalue weighted by Crippen LogP contribution is -2.29. The first-order valence-electron chi connectivity index (χ1n) is 9.42. The van der Waals surface area contributed by atoms with E-state index in [9.17, 15) is 15.0 Å². The molecule has 2 N–H and O–H groups in total. The molecule has 0 aromatic heterocycles. The topological polar surface area (TPSA) is 85.2 Å². The molecule has 0 amide bonds. The maximum absolute atomic E-state index is 11.4. The van der Waals surface area contributed by atoms with Gasteiger partial charge < -0.3 is 24.4 Å². The third kappa shape index (κ3) is 8.35. The number of ether oxygens (including phenoxy) is 3. The number of benzene rings is 2. The molecule has 2 atom stereocenters. The number of hydrogen-bond donors (Lipinski definition) is 2. The molecule has 0 saturated carbocycles. The summed E-state index contributed by atoms with van der Waals surface area (Å²) in [5, 5.41) is 19.4. The van der Waals surface area contributed by atoms with Gasteiger partial charge in [0, 0.05) is 11.3 Å². The van der Waals surface area contributed by atoms with Gasteiger partial charge in [0.2, 0.25) is 0 Å². The molecule has 0 heterocycles. The monoisotopic (exact) mass is 420 g/mol. The van der Waals surface area contributed by atoms with Gasteiger partial charge in [-0.15, -0.1) is 11.8 Å². The van der Waals surface area contributed by atoms with Gasteiger partial charge in [0.1, 0.15) is 30.8 Å². The summed E-state index contributed by atoms with van der Waals surface area (Å²) in [6, 6.07) is 14.8. The molecule has 0 radical (unpaired) electrons. The highest BCUT2D eigenvalue weighted by Gasteiger charge is 2.20. The number of carboxylic acid groups (broad SMARTS) is 1. The fraction of sp³-hybridized carbons (Fsp3) is 0.409. The first-order chi connectivity index (χ1) is 13.9. The number of carbonyl (C=O) groups is 1. The first kappa shape index (κ1) is 23.1. The molecular weight excluding hydrogens is 392 g/mol. The van der Waals surface area contributed by atoms with Crippen molar-refractivity contribution in [3.8, 4) is 11.5 Å². The van der Waals surface area contributed by atoms with E-state index < -0.39 is 18.2 Å². The Morgan fingerprint density at radius 3 is 2.28 bits per heavy atom. The van der Waals surface area contributed by atoms with Crippen LogP contribution in [-0.4, -0.2) is 54.0 Å². The predicted molar refractivity (Wildman–Crippen MR) is 113 cm³/mol. The fourth-order valence-corrected chi connectivity index (χ4v) is 3.01. The molecule has 0 aliphatic rings. The molecule has 2 unspecified atom stereocenters. The number of hydrogen-bond acceptors (Lipinski definition) is 6. The van der Waals surface area contributed by atoms with E-state index in [2.05, 4.69) is 0 Å². The van der Waals surface area contributed by atoms with Gasteiger partial charge in [0.15, 0.2) is 6.10 Å². The van der Waals surface area contributed by atoms with Gasteiger partial charge >= 0.3 is 5.97 Å². The summed E-state index contributed by atoms with van der Waals surface area (Å²) >= 11 is 1.65. The van der Waals surface area contributed by atoms with Gasteiger partial charge in [-0.2, -0.15) is 0 Å². The molecule has 7 heteroatoms. The lowest BCUT2D eigenvalue weighted by atomic mass is 10.1. The van der Waals surface area contributed by atoms with E-state index >= 15 is 0 Å². The summed E-state index contributed by atoms with van der Waals surface area (Å²) in [4.78, 5) is 12.5. The minimum atomic E-state index is -0.997. The minimum Gasteiger partial charge on any atom is -0.491 e.